The summed E-state index contributed by atoms with van der Waals surface area (Å²) in [4.78, 5) is 9.30. The average Bonchev–Trinajstić information content (AvgIpc) is 3.13. The summed E-state index contributed by atoms with van der Waals surface area (Å²) in [5.74, 6) is 3.49. The SMILES string of the molecule is CCCOc1cccc(CN=C(NCC)NC2CCc3nc(COC)nn3C2)c1. The molecule has 8 heteroatoms. The number of nitrogens with one attached hydrogen (secondary N) is 2. The van der Waals surface area contributed by atoms with Gasteiger partial charge in [-0.2, -0.15) is 5.10 Å². The fourth-order valence-electron chi connectivity index (χ4n) is 3.31. The van der Waals surface area contributed by atoms with E-state index in [2.05, 4.69) is 46.7 Å². The van der Waals surface area contributed by atoms with Crippen molar-refractivity contribution in [1.82, 2.24) is 25.4 Å². The van der Waals surface area contributed by atoms with Crippen molar-refractivity contribution in [2.45, 2.75) is 58.8 Å². The first-order valence-electron chi connectivity index (χ1n) is 10.4. The van der Waals surface area contributed by atoms with Gasteiger partial charge in [0.15, 0.2) is 11.8 Å². The largest absolute Gasteiger partial charge is 0.494 e. The van der Waals surface area contributed by atoms with Gasteiger partial charge in [0.2, 0.25) is 0 Å². The number of aliphatic imine (C=N–C) groups is 1. The predicted molar refractivity (Wildman–Crippen MR) is 113 cm³/mol. The third kappa shape index (κ3) is 6.19. The number of aromatic nitrogens is 3. The van der Waals surface area contributed by atoms with Gasteiger partial charge in [0, 0.05) is 26.1 Å². The highest BCUT2D eigenvalue weighted by molar-refractivity contribution is 5.80. The van der Waals surface area contributed by atoms with Crippen molar-refractivity contribution >= 4 is 5.96 Å². The number of hydrogen-bond donors (Lipinski definition) is 2. The lowest BCUT2D eigenvalue weighted by atomic mass is 10.1. The van der Waals surface area contributed by atoms with Crippen LogP contribution in [0.25, 0.3) is 0 Å². The van der Waals surface area contributed by atoms with Crippen molar-refractivity contribution in [3.05, 3.63) is 41.5 Å². The van der Waals surface area contributed by atoms with E-state index in [-0.39, 0.29) is 6.04 Å². The molecule has 1 unspecified atom stereocenters. The van der Waals surface area contributed by atoms with Crippen LogP contribution in [0.3, 0.4) is 0 Å². The average molecular weight is 401 g/mol. The van der Waals surface area contributed by atoms with Gasteiger partial charge in [-0.25, -0.2) is 14.7 Å². The molecule has 0 saturated heterocycles. The smallest absolute Gasteiger partial charge is 0.191 e. The van der Waals surface area contributed by atoms with E-state index in [9.17, 15) is 0 Å². The van der Waals surface area contributed by atoms with E-state index in [0.29, 0.717) is 13.2 Å². The molecule has 1 aromatic carbocycles. The normalized spacial score (nSPS) is 16.4. The zero-order chi connectivity index (χ0) is 20.5. The Morgan fingerprint density at radius 3 is 3.03 bits per heavy atom. The van der Waals surface area contributed by atoms with Crippen LogP contribution in [0.1, 0.15) is 43.9 Å². The molecule has 1 aromatic heterocycles. The number of aryl methyl sites for hydroxylation is 1. The molecule has 29 heavy (non-hydrogen) atoms. The fraction of sp³-hybridized carbons (Fsp3) is 0.571. The minimum atomic E-state index is 0.261. The zero-order valence-corrected chi connectivity index (χ0v) is 17.6. The van der Waals surface area contributed by atoms with Gasteiger partial charge in [-0.05, 0) is 37.5 Å². The fourth-order valence-corrected chi connectivity index (χ4v) is 3.31. The van der Waals surface area contributed by atoms with Crippen LogP contribution in [-0.2, 0) is 30.9 Å². The zero-order valence-electron chi connectivity index (χ0n) is 17.6. The molecular formula is C21H32N6O2. The van der Waals surface area contributed by atoms with Crippen LogP contribution in [0.2, 0.25) is 0 Å². The highest BCUT2D eigenvalue weighted by Crippen LogP contribution is 2.15. The molecule has 8 nitrogen and oxygen atoms in total. The summed E-state index contributed by atoms with van der Waals surface area (Å²) in [7, 11) is 1.66. The molecule has 0 spiro atoms. The Morgan fingerprint density at radius 1 is 1.34 bits per heavy atom. The van der Waals surface area contributed by atoms with Crippen molar-refractivity contribution in [2.75, 3.05) is 20.3 Å². The standard InChI is InChI=1S/C21H32N6O2/c1-4-11-29-18-8-6-7-16(12-18)13-23-21(22-5-2)24-17-9-10-20-25-19(15-28-3)26-27(20)14-17/h6-8,12,17H,4-5,9-11,13-15H2,1-3H3,(H2,22,23,24). The molecule has 158 valence electrons. The summed E-state index contributed by atoms with van der Waals surface area (Å²) in [5, 5.41) is 11.4. The molecule has 0 bridgehead atoms. The topological polar surface area (TPSA) is 85.6 Å². The van der Waals surface area contributed by atoms with Gasteiger partial charge in [0.05, 0.1) is 19.7 Å². The molecule has 0 fully saturated rings. The number of methoxy groups -OCH3 is 1. The monoisotopic (exact) mass is 400 g/mol. The van der Waals surface area contributed by atoms with Gasteiger partial charge in [-0.3, -0.25) is 0 Å². The number of rotatable bonds is 9. The lowest BCUT2D eigenvalue weighted by Crippen LogP contribution is -2.47. The Morgan fingerprint density at radius 2 is 2.24 bits per heavy atom. The summed E-state index contributed by atoms with van der Waals surface area (Å²) in [6, 6.07) is 8.40. The van der Waals surface area contributed by atoms with Gasteiger partial charge >= 0.3 is 0 Å². The van der Waals surface area contributed by atoms with Crippen molar-refractivity contribution in [3.63, 3.8) is 0 Å². The van der Waals surface area contributed by atoms with Gasteiger partial charge in [-0.15, -0.1) is 0 Å². The van der Waals surface area contributed by atoms with E-state index in [1.807, 2.05) is 16.8 Å². The van der Waals surface area contributed by atoms with Crippen LogP contribution < -0.4 is 15.4 Å². The van der Waals surface area contributed by atoms with Crippen LogP contribution in [0.5, 0.6) is 5.75 Å². The molecule has 0 radical (unpaired) electrons. The Hall–Kier alpha value is -2.61. The number of guanidine groups is 1. The van der Waals surface area contributed by atoms with E-state index in [1.54, 1.807) is 7.11 Å². The first-order chi connectivity index (χ1) is 14.2. The molecular weight excluding hydrogens is 368 g/mol. The highest BCUT2D eigenvalue weighted by Gasteiger charge is 2.22. The number of benzene rings is 1. The summed E-state index contributed by atoms with van der Waals surface area (Å²) in [6.07, 6.45) is 2.89. The number of hydrogen-bond acceptors (Lipinski definition) is 5. The maximum atomic E-state index is 5.72. The summed E-state index contributed by atoms with van der Waals surface area (Å²) < 4.78 is 12.8. The quantitative estimate of drug-likeness (QED) is 0.496. The highest BCUT2D eigenvalue weighted by atomic mass is 16.5. The number of fused-ring (bicyclic) bond motifs is 1. The van der Waals surface area contributed by atoms with E-state index in [4.69, 9.17) is 14.5 Å². The molecule has 2 heterocycles. The molecule has 0 aliphatic carbocycles. The first-order valence-corrected chi connectivity index (χ1v) is 10.4. The molecule has 3 rings (SSSR count). The van der Waals surface area contributed by atoms with Crippen LogP contribution >= 0.6 is 0 Å². The Balaban J connectivity index is 1.61. The minimum absolute atomic E-state index is 0.261. The van der Waals surface area contributed by atoms with Gasteiger partial charge in [0.25, 0.3) is 0 Å². The van der Waals surface area contributed by atoms with Crippen molar-refractivity contribution < 1.29 is 9.47 Å². The molecule has 1 atom stereocenters. The Bertz CT molecular complexity index is 804. The Kier molecular flexibility index (Phi) is 7.86. The number of nitrogens with zero attached hydrogens (tertiary/aromatic N) is 4. The van der Waals surface area contributed by atoms with Crippen molar-refractivity contribution in [3.8, 4) is 5.75 Å². The predicted octanol–water partition coefficient (Wildman–Crippen LogP) is 2.28. The molecule has 2 aromatic rings. The van der Waals surface area contributed by atoms with Crippen molar-refractivity contribution in [2.24, 2.45) is 4.99 Å². The van der Waals surface area contributed by atoms with Gasteiger partial charge in [0.1, 0.15) is 18.2 Å². The molecule has 1 aliphatic rings. The van der Waals surface area contributed by atoms with E-state index in [1.165, 1.54) is 0 Å². The van der Waals surface area contributed by atoms with Crippen LogP contribution in [0.4, 0.5) is 0 Å². The second-order valence-corrected chi connectivity index (χ2v) is 7.13. The molecule has 1 aliphatic heterocycles. The van der Waals surface area contributed by atoms with E-state index >= 15 is 0 Å². The van der Waals surface area contributed by atoms with Crippen molar-refractivity contribution in [1.29, 1.82) is 0 Å². The maximum absolute atomic E-state index is 5.72. The van der Waals surface area contributed by atoms with E-state index < -0.39 is 0 Å². The lowest BCUT2D eigenvalue weighted by molar-refractivity contribution is 0.177. The van der Waals surface area contributed by atoms with E-state index in [0.717, 1.165) is 67.9 Å². The third-order valence-electron chi connectivity index (χ3n) is 4.65. The first kappa shape index (κ1) is 21.1. The van der Waals surface area contributed by atoms with Crippen LogP contribution in [-0.4, -0.2) is 47.0 Å². The summed E-state index contributed by atoms with van der Waals surface area (Å²) in [6.45, 7) is 7.54. The van der Waals surface area contributed by atoms with Crippen LogP contribution in [0, 0.1) is 0 Å². The summed E-state index contributed by atoms with van der Waals surface area (Å²) >= 11 is 0. The Labute approximate surface area is 172 Å². The third-order valence-corrected chi connectivity index (χ3v) is 4.65. The summed E-state index contributed by atoms with van der Waals surface area (Å²) in [5.41, 5.74) is 1.13. The van der Waals surface area contributed by atoms with Gasteiger partial charge in [-0.1, -0.05) is 19.1 Å². The lowest BCUT2D eigenvalue weighted by Gasteiger charge is -2.25. The maximum Gasteiger partial charge on any atom is 0.191 e. The van der Waals surface area contributed by atoms with Gasteiger partial charge < -0.3 is 20.1 Å². The molecule has 0 saturated carbocycles. The number of ether oxygens (including phenoxy) is 2. The van der Waals surface area contributed by atoms with Crippen LogP contribution in [0.15, 0.2) is 29.3 Å². The molecule has 2 N–H and O–H groups in total. The minimum Gasteiger partial charge on any atom is -0.494 e. The second kappa shape index (κ2) is 10.8. The second-order valence-electron chi connectivity index (χ2n) is 7.13. The molecule has 0 amide bonds.